The van der Waals surface area contributed by atoms with Crippen molar-refractivity contribution < 1.29 is 23.7 Å². The van der Waals surface area contributed by atoms with E-state index in [0.717, 1.165) is 10.9 Å². The molecule has 0 spiro atoms. The average Bonchev–Trinajstić information content (AvgIpc) is 2.67. The van der Waals surface area contributed by atoms with E-state index in [9.17, 15) is 0 Å². The van der Waals surface area contributed by atoms with Gasteiger partial charge in [0.1, 0.15) is 5.75 Å². The molecule has 0 saturated heterocycles. The Hall–Kier alpha value is -3.15. The number of pyridine rings is 1. The first-order chi connectivity index (χ1) is 12.2. The van der Waals surface area contributed by atoms with Crippen LogP contribution >= 0.6 is 0 Å². The Morgan fingerprint density at radius 3 is 2.16 bits per heavy atom. The number of rotatable bonds is 6. The van der Waals surface area contributed by atoms with Gasteiger partial charge in [-0.05, 0) is 24.3 Å². The number of hydrogen-bond donors (Lipinski definition) is 0. The fourth-order valence-corrected chi connectivity index (χ4v) is 2.56. The van der Waals surface area contributed by atoms with Gasteiger partial charge < -0.3 is 23.7 Å². The Morgan fingerprint density at radius 2 is 1.48 bits per heavy atom. The fraction of sp³-hybridized carbons (Fsp3) is 0.211. The molecule has 1 aromatic heterocycles. The topological polar surface area (TPSA) is 59.0 Å². The average molecular weight is 341 g/mol. The van der Waals surface area contributed by atoms with E-state index in [1.807, 2.05) is 24.3 Å². The molecule has 0 unspecified atom stereocenters. The first-order valence-electron chi connectivity index (χ1n) is 7.62. The number of methoxy groups -OCH3 is 4. The molecule has 0 aliphatic rings. The lowest BCUT2D eigenvalue weighted by molar-refractivity contribution is 0.327. The molecule has 0 saturated carbocycles. The van der Waals surface area contributed by atoms with Crippen LogP contribution in [0.2, 0.25) is 0 Å². The summed E-state index contributed by atoms with van der Waals surface area (Å²) < 4.78 is 27.5. The Bertz CT molecular complexity index is 894. The van der Waals surface area contributed by atoms with Crippen molar-refractivity contribution in [2.75, 3.05) is 28.4 Å². The number of hydrogen-bond acceptors (Lipinski definition) is 6. The van der Waals surface area contributed by atoms with Crippen LogP contribution in [0.4, 0.5) is 0 Å². The third-order valence-electron chi connectivity index (χ3n) is 3.74. The summed E-state index contributed by atoms with van der Waals surface area (Å²) in [6.45, 7) is 0. The van der Waals surface area contributed by atoms with Crippen LogP contribution in [0.15, 0.2) is 42.5 Å². The Kier molecular flexibility index (Phi) is 4.79. The summed E-state index contributed by atoms with van der Waals surface area (Å²) >= 11 is 0. The van der Waals surface area contributed by atoms with Crippen LogP contribution < -0.4 is 23.7 Å². The summed E-state index contributed by atoms with van der Waals surface area (Å²) in [7, 11) is 6.26. The van der Waals surface area contributed by atoms with E-state index < -0.39 is 0 Å². The molecule has 0 N–H and O–H groups in total. The van der Waals surface area contributed by atoms with Gasteiger partial charge in [-0.2, -0.15) is 0 Å². The highest BCUT2D eigenvalue weighted by molar-refractivity contribution is 5.89. The first-order valence-corrected chi connectivity index (χ1v) is 7.62. The van der Waals surface area contributed by atoms with Crippen molar-refractivity contribution in [2.45, 2.75) is 0 Å². The number of fused-ring (bicyclic) bond motifs is 1. The maximum atomic E-state index is 6.12. The number of para-hydroxylation sites is 1. The summed E-state index contributed by atoms with van der Waals surface area (Å²) in [5, 5.41) is 0.815. The zero-order chi connectivity index (χ0) is 17.8. The van der Waals surface area contributed by atoms with Gasteiger partial charge in [-0.15, -0.1) is 0 Å². The molecule has 0 aliphatic carbocycles. The predicted octanol–water partition coefficient (Wildman–Crippen LogP) is 4.06. The molecule has 0 radical (unpaired) electrons. The van der Waals surface area contributed by atoms with Crippen LogP contribution in [0.1, 0.15) is 0 Å². The van der Waals surface area contributed by atoms with E-state index in [-0.39, 0.29) is 0 Å². The molecule has 6 nitrogen and oxygen atoms in total. The molecule has 2 aromatic carbocycles. The van der Waals surface area contributed by atoms with Crippen LogP contribution in [0.5, 0.6) is 34.6 Å². The van der Waals surface area contributed by atoms with Crippen LogP contribution in [-0.4, -0.2) is 33.4 Å². The Labute approximate surface area is 145 Å². The van der Waals surface area contributed by atoms with Crippen LogP contribution in [-0.2, 0) is 0 Å². The van der Waals surface area contributed by atoms with Crippen LogP contribution in [0.3, 0.4) is 0 Å². The minimum Gasteiger partial charge on any atom is -0.493 e. The van der Waals surface area contributed by atoms with E-state index in [0.29, 0.717) is 34.6 Å². The molecular formula is C19H19NO5. The lowest BCUT2D eigenvalue weighted by Gasteiger charge is -2.16. The molecule has 0 aliphatic heterocycles. The van der Waals surface area contributed by atoms with Gasteiger partial charge in [-0.3, -0.25) is 0 Å². The van der Waals surface area contributed by atoms with Gasteiger partial charge in [0.25, 0.3) is 5.88 Å². The third-order valence-corrected chi connectivity index (χ3v) is 3.74. The second kappa shape index (κ2) is 7.17. The van der Waals surface area contributed by atoms with Crippen molar-refractivity contribution in [3.8, 4) is 34.6 Å². The normalized spacial score (nSPS) is 10.4. The van der Waals surface area contributed by atoms with Crippen molar-refractivity contribution in [2.24, 2.45) is 0 Å². The van der Waals surface area contributed by atoms with E-state index in [1.165, 1.54) is 0 Å². The van der Waals surface area contributed by atoms with E-state index in [1.54, 1.807) is 46.6 Å². The first kappa shape index (κ1) is 16.7. The molecule has 0 bridgehead atoms. The SMILES string of the molecule is COc1ccc(Oc2c(OC)c(OC)nc3ccccc23)cc1OC. The lowest BCUT2D eigenvalue weighted by Crippen LogP contribution is -1.99. The quantitative estimate of drug-likeness (QED) is 0.674. The summed E-state index contributed by atoms with van der Waals surface area (Å²) in [6, 6.07) is 12.9. The Morgan fingerprint density at radius 1 is 0.720 bits per heavy atom. The van der Waals surface area contributed by atoms with Gasteiger partial charge in [-0.25, -0.2) is 4.98 Å². The summed E-state index contributed by atoms with van der Waals surface area (Å²) in [5.41, 5.74) is 0.746. The standard InChI is InChI=1S/C19H19NO5/c1-21-15-10-9-12(11-16(15)22-2)25-17-13-7-5-6-8-14(13)20-19(24-4)18(17)23-3/h5-11H,1-4H3. The maximum Gasteiger partial charge on any atom is 0.261 e. The summed E-state index contributed by atoms with van der Waals surface area (Å²) in [4.78, 5) is 4.46. The molecule has 130 valence electrons. The highest BCUT2D eigenvalue weighted by Crippen LogP contribution is 2.44. The number of ether oxygens (including phenoxy) is 5. The molecule has 1 heterocycles. The highest BCUT2D eigenvalue weighted by Gasteiger charge is 2.19. The third kappa shape index (κ3) is 3.10. The molecule has 3 aromatic rings. The van der Waals surface area contributed by atoms with Crippen LogP contribution in [0.25, 0.3) is 10.9 Å². The van der Waals surface area contributed by atoms with Crippen molar-refractivity contribution in [1.82, 2.24) is 4.98 Å². The molecular weight excluding hydrogens is 322 g/mol. The minimum atomic E-state index is 0.358. The second-order valence-corrected chi connectivity index (χ2v) is 5.12. The van der Waals surface area contributed by atoms with Gasteiger partial charge >= 0.3 is 0 Å². The van der Waals surface area contributed by atoms with E-state index in [2.05, 4.69) is 4.98 Å². The van der Waals surface area contributed by atoms with Gasteiger partial charge in [0, 0.05) is 11.5 Å². The van der Waals surface area contributed by atoms with Gasteiger partial charge in [0.15, 0.2) is 17.2 Å². The molecule has 3 rings (SSSR count). The second-order valence-electron chi connectivity index (χ2n) is 5.12. The largest absolute Gasteiger partial charge is 0.493 e. The van der Waals surface area contributed by atoms with E-state index in [4.69, 9.17) is 23.7 Å². The van der Waals surface area contributed by atoms with E-state index >= 15 is 0 Å². The Balaban J connectivity index is 2.14. The van der Waals surface area contributed by atoms with Crippen molar-refractivity contribution >= 4 is 10.9 Å². The lowest BCUT2D eigenvalue weighted by atomic mass is 10.2. The zero-order valence-corrected chi connectivity index (χ0v) is 14.5. The van der Waals surface area contributed by atoms with Gasteiger partial charge in [0.05, 0.1) is 34.0 Å². The number of benzene rings is 2. The van der Waals surface area contributed by atoms with Crippen molar-refractivity contribution in [3.63, 3.8) is 0 Å². The molecule has 0 amide bonds. The van der Waals surface area contributed by atoms with Gasteiger partial charge in [-0.1, -0.05) is 12.1 Å². The molecule has 6 heteroatoms. The number of nitrogens with zero attached hydrogens (tertiary/aromatic N) is 1. The number of aromatic nitrogens is 1. The van der Waals surface area contributed by atoms with Crippen molar-refractivity contribution in [1.29, 1.82) is 0 Å². The summed E-state index contributed by atoms with van der Waals surface area (Å²) in [5.74, 6) is 3.09. The monoisotopic (exact) mass is 341 g/mol. The van der Waals surface area contributed by atoms with Gasteiger partial charge in [0.2, 0.25) is 5.75 Å². The minimum absolute atomic E-state index is 0.358. The molecule has 0 fully saturated rings. The smallest absolute Gasteiger partial charge is 0.261 e. The highest BCUT2D eigenvalue weighted by atomic mass is 16.5. The maximum absolute atomic E-state index is 6.12. The summed E-state index contributed by atoms with van der Waals surface area (Å²) in [6.07, 6.45) is 0. The molecule has 25 heavy (non-hydrogen) atoms. The molecule has 0 atom stereocenters. The zero-order valence-electron chi connectivity index (χ0n) is 14.5. The fourth-order valence-electron chi connectivity index (χ4n) is 2.56. The van der Waals surface area contributed by atoms with Crippen molar-refractivity contribution in [3.05, 3.63) is 42.5 Å². The van der Waals surface area contributed by atoms with Crippen LogP contribution in [0, 0.1) is 0 Å². The predicted molar refractivity (Wildman–Crippen MR) is 94.5 cm³/mol.